The Balaban J connectivity index is 2.01. The zero-order valence-electron chi connectivity index (χ0n) is 11.4. The molecule has 0 aliphatic heterocycles. The highest BCUT2D eigenvalue weighted by Crippen LogP contribution is 2.20. The van der Waals surface area contributed by atoms with Crippen LogP contribution < -0.4 is 5.32 Å². The standard InChI is InChI=1S/C15H18BrFN2O/c1-20-8-6-18-10-14-3-2-7-19(14)11-12-4-5-13(17)9-15(12)16/h2-5,7,9,18H,6,8,10-11H2,1H3. The first-order chi connectivity index (χ1) is 9.70. The fraction of sp³-hybridized carbons (Fsp3) is 0.333. The number of ether oxygens (including phenoxy) is 1. The van der Waals surface area contributed by atoms with Crippen LogP contribution >= 0.6 is 15.9 Å². The van der Waals surface area contributed by atoms with E-state index in [4.69, 9.17) is 4.74 Å². The molecule has 0 atom stereocenters. The molecule has 0 radical (unpaired) electrons. The van der Waals surface area contributed by atoms with Crippen molar-refractivity contribution < 1.29 is 9.13 Å². The third-order valence-electron chi connectivity index (χ3n) is 3.07. The van der Waals surface area contributed by atoms with Gasteiger partial charge in [0.1, 0.15) is 5.82 Å². The third-order valence-corrected chi connectivity index (χ3v) is 3.81. The van der Waals surface area contributed by atoms with Crippen LogP contribution in [-0.2, 0) is 17.8 Å². The van der Waals surface area contributed by atoms with Crippen molar-refractivity contribution >= 4 is 15.9 Å². The van der Waals surface area contributed by atoms with Gasteiger partial charge < -0.3 is 14.6 Å². The number of nitrogens with zero attached hydrogens (tertiary/aromatic N) is 1. The predicted molar refractivity (Wildman–Crippen MR) is 81.2 cm³/mol. The van der Waals surface area contributed by atoms with Crippen LogP contribution in [0.2, 0.25) is 0 Å². The van der Waals surface area contributed by atoms with E-state index in [9.17, 15) is 4.39 Å². The SMILES string of the molecule is COCCNCc1cccn1Cc1ccc(F)cc1Br. The number of hydrogen-bond donors (Lipinski definition) is 1. The van der Waals surface area contributed by atoms with E-state index in [1.165, 1.54) is 17.8 Å². The van der Waals surface area contributed by atoms with Crippen molar-refractivity contribution in [2.24, 2.45) is 0 Å². The second-order valence-corrected chi connectivity index (χ2v) is 5.39. The number of rotatable bonds is 7. The van der Waals surface area contributed by atoms with Crippen molar-refractivity contribution in [2.75, 3.05) is 20.3 Å². The molecule has 1 N–H and O–H groups in total. The molecule has 0 unspecified atom stereocenters. The summed E-state index contributed by atoms with van der Waals surface area (Å²) in [5.74, 6) is -0.227. The van der Waals surface area contributed by atoms with Crippen LogP contribution in [0.3, 0.4) is 0 Å². The monoisotopic (exact) mass is 340 g/mol. The Morgan fingerprint density at radius 2 is 2.20 bits per heavy atom. The summed E-state index contributed by atoms with van der Waals surface area (Å²) in [5, 5.41) is 3.32. The van der Waals surface area contributed by atoms with Crippen molar-refractivity contribution in [3.05, 3.63) is 58.1 Å². The lowest BCUT2D eigenvalue weighted by molar-refractivity contribution is 0.199. The summed E-state index contributed by atoms with van der Waals surface area (Å²) in [7, 11) is 1.69. The minimum atomic E-state index is -0.227. The van der Waals surface area contributed by atoms with Crippen LogP contribution in [0.5, 0.6) is 0 Å². The quantitative estimate of drug-likeness (QED) is 0.783. The summed E-state index contributed by atoms with van der Waals surface area (Å²) < 4.78 is 21.0. The molecule has 0 saturated heterocycles. The van der Waals surface area contributed by atoms with Crippen LogP contribution in [0.25, 0.3) is 0 Å². The van der Waals surface area contributed by atoms with Gasteiger partial charge in [-0.15, -0.1) is 0 Å². The molecule has 0 spiro atoms. The number of methoxy groups -OCH3 is 1. The van der Waals surface area contributed by atoms with Gasteiger partial charge in [0.25, 0.3) is 0 Å². The Bertz CT molecular complexity index is 557. The van der Waals surface area contributed by atoms with Gasteiger partial charge >= 0.3 is 0 Å². The Morgan fingerprint density at radius 1 is 1.35 bits per heavy atom. The molecule has 0 fully saturated rings. The Labute approximate surface area is 126 Å². The molecule has 2 aromatic rings. The van der Waals surface area contributed by atoms with Crippen molar-refractivity contribution in [1.82, 2.24) is 9.88 Å². The smallest absolute Gasteiger partial charge is 0.124 e. The third kappa shape index (κ3) is 4.16. The van der Waals surface area contributed by atoms with Crippen LogP contribution in [0.15, 0.2) is 41.0 Å². The largest absolute Gasteiger partial charge is 0.383 e. The average Bonchev–Trinajstić information content (AvgIpc) is 2.85. The van der Waals surface area contributed by atoms with Gasteiger partial charge in [-0.3, -0.25) is 0 Å². The van der Waals surface area contributed by atoms with Crippen molar-refractivity contribution in [3.8, 4) is 0 Å². The molecule has 0 amide bonds. The molecule has 5 heteroatoms. The van der Waals surface area contributed by atoms with E-state index in [0.717, 1.165) is 29.7 Å². The molecule has 0 saturated carbocycles. The van der Waals surface area contributed by atoms with Gasteiger partial charge in [-0.2, -0.15) is 0 Å². The van der Waals surface area contributed by atoms with Gasteiger partial charge in [0, 0.05) is 43.1 Å². The van der Waals surface area contributed by atoms with E-state index in [1.54, 1.807) is 7.11 Å². The van der Waals surface area contributed by atoms with E-state index >= 15 is 0 Å². The van der Waals surface area contributed by atoms with Crippen LogP contribution in [0.4, 0.5) is 4.39 Å². The molecular formula is C15H18BrFN2O. The van der Waals surface area contributed by atoms with E-state index in [1.807, 2.05) is 18.3 Å². The summed E-state index contributed by atoms with van der Waals surface area (Å²) in [5.41, 5.74) is 2.25. The zero-order valence-corrected chi connectivity index (χ0v) is 13.0. The number of benzene rings is 1. The summed E-state index contributed by atoms with van der Waals surface area (Å²) >= 11 is 3.41. The number of halogens is 2. The molecule has 20 heavy (non-hydrogen) atoms. The first kappa shape index (κ1) is 15.2. The second-order valence-electron chi connectivity index (χ2n) is 4.53. The Morgan fingerprint density at radius 3 is 2.95 bits per heavy atom. The summed E-state index contributed by atoms with van der Waals surface area (Å²) in [4.78, 5) is 0. The van der Waals surface area contributed by atoms with E-state index in [2.05, 4.69) is 31.9 Å². The number of aromatic nitrogens is 1. The average molecular weight is 341 g/mol. The lowest BCUT2D eigenvalue weighted by atomic mass is 10.2. The first-order valence-corrected chi connectivity index (χ1v) is 7.27. The zero-order chi connectivity index (χ0) is 14.4. The normalized spacial score (nSPS) is 10.9. The van der Waals surface area contributed by atoms with Crippen LogP contribution in [0.1, 0.15) is 11.3 Å². The van der Waals surface area contributed by atoms with Gasteiger partial charge in [0.05, 0.1) is 6.61 Å². The number of nitrogens with one attached hydrogen (secondary N) is 1. The van der Waals surface area contributed by atoms with E-state index in [0.29, 0.717) is 6.61 Å². The summed E-state index contributed by atoms with van der Waals surface area (Å²) in [6, 6.07) is 8.89. The fourth-order valence-electron chi connectivity index (χ4n) is 1.99. The molecule has 1 heterocycles. The Hall–Kier alpha value is -1.17. The molecule has 0 bridgehead atoms. The van der Waals surface area contributed by atoms with Crippen LogP contribution in [-0.4, -0.2) is 24.8 Å². The lowest BCUT2D eigenvalue weighted by Gasteiger charge is -2.11. The van der Waals surface area contributed by atoms with Crippen molar-refractivity contribution in [2.45, 2.75) is 13.1 Å². The molecule has 1 aromatic heterocycles. The maximum Gasteiger partial charge on any atom is 0.124 e. The molecule has 0 aliphatic carbocycles. The van der Waals surface area contributed by atoms with Crippen molar-refractivity contribution in [3.63, 3.8) is 0 Å². The maximum absolute atomic E-state index is 13.1. The number of hydrogen-bond acceptors (Lipinski definition) is 2. The van der Waals surface area contributed by atoms with Gasteiger partial charge in [-0.1, -0.05) is 22.0 Å². The van der Waals surface area contributed by atoms with Gasteiger partial charge in [0.15, 0.2) is 0 Å². The van der Waals surface area contributed by atoms with E-state index < -0.39 is 0 Å². The molecule has 3 nitrogen and oxygen atoms in total. The maximum atomic E-state index is 13.1. The molecule has 0 aliphatic rings. The highest BCUT2D eigenvalue weighted by Gasteiger charge is 2.05. The topological polar surface area (TPSA) is 26.2 Å². The van der Waals surface area contributed by atoms with Crippen LogP contribution in [0, 0.1) is 5.82 Å². The predicted octanol–water partition coefficient (Wildman–Crippen LogP) is 3.17. The van der Waals surface area contributed by atoms with E-state index in [-0.39, 0.29) is 5.82 Å². The minimum absolute atomic E-state index is 0.227. The summed E-state index contributed by atoms with van der Waals surface area (Å²) in [6.45, 7) is 3.02. The first-order valence-electron chi connectivity index (χ1n) is 6.48. The minimum Gasteiger partial charge on any atom is -0.383 e. The summed E-state index contributed by atoms with van der Waals surface area (Å²) in [6.07, 6.45) is 2.03. The Kier molecular flexibility index (Phi) is 5.76. The van der Waals surface area contributed by atoms with Gasteiger partial charge in [-0.05, 0) is 29.8 Å². The molecular weight excluding hydrogens is 323 g/mol. The molecule has 2 rings (SSSR count). The highest BCUT2D eigenvalue weighted by molar-refractivity contribution is 9.10. The van der Waals surface area contributed by atoms with Gasteiger partial charge in [-0.25, -0.2) is 4.39 Å². The highest BCUT2D eigenvalue weighted by atomic mass is 79.9. The fourth-order valence-corrected chi connectivity index (χ4v) is 2.46. The second kappa shape index (κ2) is 7.57. The lowest BCUT2D eigenvalue weighted by Crippen LogP contribution is -2.20. The molecule has 108 valence electrons. The molecule has 1 aromatic carbocycles. The van der Waals surface area contributed by atoms with Crippen molar-refractivity contribution in [1.29, 1.82) is 0 Å². The van der Waals surface area contributed by atoms with Gasteiger partial charge in [0.2, 0.25) is 0 Å².